The van der Waals surface area contributed by atoms with Gasteiger partial charge < -0.3 is 11.5 Å². The fraction of sp³-hybridized carbons (Fsp3) is 0.200. The lowest BCUT2D eigenvalue weighted by Crippen LogP contribution is -2.03. The van der Waals surface area contributed by atoms with Crippen molar-refractivity contribution in [1.82, 2.24) is 9.97 Å². The van der Waals surface area contributed by atoms with E-state index >= 15 is 0 Å². The molecule has 0 bridgehead atoms. The zero-order valence-electron chi connectivity index (χ0n) is 13.9. The first-order chi connectivity index (χ1) is 11.5. The summed E-state index contributed by atoms with van der Waals surface area (Å²) < 4.78 is 0. The molecule has 1 heterocycles. The highest BCUT2D eigenvalue weighted by molar-refractivity contribution is 5.94. The van der Waals surface area contributed by atoms with E-state index in [2.05, 4.69) is 66.3 Å². The molecule has 0 amide bonds. The summed E-state index contributed by atoms with van der Waals surface area (Å²) in [6.07, 6.45) is 0.750. The zero-order chi connectivity index (χ0) is 16.8. The lowest BCUT2D eigenvalue weighted by Gasteiger charge is -2.12. The van der Waals surface area contributed by atoms with E-state index in [1.807, 2.05) is 0 Å². The molecule has 1 aromatic heterocycles. The molecule has 4 N–H and O–H groups in total. The van der Waals surface area contributed by atoms with Crippen LogP contribution in [0.3, 0.4) is 0 Å². The molecule has 4 heteroatoms. The maximum Gasteiger partial charge on any atom is 0.222 e. The van der Waals surface area contributed by atoms with Crippen LogP contribution in [0.15, 0.2) is 42.5 Å². The number of nitrogens with zero attached hydrogens (tertiary/aromatic N) is 2. The number of fused-ring (bicyclic) bond motifs is 3. The Bertz CT molecular complexity index is 927. The van der Waals surface area contributed by atoms with Gasteiger partial charge in [-0.1, -0.05) is 56.3 Å². The average molecular weight is 316 g/mol. The smallest absolute Gasteiger partial charge is 0.222 e. The SMILES string of the molecule is CC(C)c1ccc(-c2cccc3c2-c2c(N)nc(N)nc2C3)cc1. The van der Waals surface area contributed by atoms with Crippen molar-refractivity contribution in [2.24, 2.45) is 0 Å². The highest BCUT2D eigenvalue weighted by atomic mass is 15.0. The standard InChI is InChI=1S/C20H20N4/c1-11(2)12-6-8-13(9-7-12)15-5-3-4-14-10-16-18(17(14)15)19(21)24-20(22)23-16/h3-9,11H,10H2,1-2H3,(H4,21,22,23,24). The van der Waals surface area contributed by atoms with Crippen LogP contribution in [0.2, 0.25) is 0 Å². The van der Waals surface area contributed by atoms with Crippen molar-refractivity contribution in [1.29, 1.82) is 0 Å². The van der Waals surface area contributed by atoms with Crippen LogP contribution in [0.1, 0.15) is 36.6 Å². The normalized spacial score (nSPS) is 12.3. The van der Waals surface area contributed by atoms with E-state index in [1.165, 1.54) is 22.3 Å². The number of hydrogen-bond acceptors (Lipinski definition) is 4. The minimum Gasteiger partial charge on any atom is -0.383 e. The maximum absolute atomic E-state index is 6.17. The van der Waals surface area contributed by atoms with Crippen LogP contribution >= 0.6 is 0 Å². The average Bonchev–Trinajstić information content (AvgIpc) is 2.93. The predicted molar refractivity (Wildman–Crippen MR) is 98.6 cm³/mol. The second-order valence-electron chi connectivity index (χ2n) is 6.58. The topological polar surface area (TPSA) is 77.8 Å². The van der Waals surface area contributed by atoms with Gasteiger partial charge in [-0.05, 0) is 33.7 Å². The number of nitrogen functional groups attached to an aromatic ring is 2. The quantitative estimate of drug-likeness (QED) is 0.586. The number of anilines is 2. The van der Waals surface area contributed by atoms with Crippen LogP contribution in [-0.4, -0.2) is 9.97 Å². The van der Waals surface area contributed by atoms with E-state index in [4.69, 9.17) is 11.5 Å². The van der Waals surface area contributed by atoms with E-state index in [0.29, 0.717) is 11.7 Å². The minimum atomic E-state index is 0.238. The van der Waals surface area contributed by atoms with Crippen molar-refractivity contribution >= 4 is 11.8 Å². The summed E-state index contributed by atoms with van der Waals surface area (Å²) in [5, 5.41) is 0. The summed E-state index contributed by atoms with van der Waals surface area (Å²) in [7, 11) is 0. The molecule has 3 aromatic rings. The molecule has 0 saturated carbocycles. The Morgan fingerprint density at radius 1 is 0.917 bits per heavy atom. The molecule has 1 aliphatic carbocycles. The van der Waals surface area contributed by atoms with Crippen molar-refractivity contribution in [2.45, 2.75) is 26.2 Å². The summed E-state index contributed by atoms with van der Waals surface area (Å²) in [5.74, 6) is 1.22. The summed E-state index contributed by atoms with van der Waals surface area (Å²) in [6.45, 7) is 4.40. The maximum atomic E-state index is 6.17. The van der Waals surface area contributed by atoms with E-state index < -0.39 is 0 Å². The fourth-order valence-electron chi connectivity index (χ4n) is 3.46. The first-order valence-corrected chi connectivity index (χ1v) is 8.19. The molecule has 4 nitrogen and oxygen atoms in total. The van der Waals surface area contributed by atoms with Gasteiger partial charge in [0.2, 0.25) is 5.95 Å². The third kappa shape index (κ3) is 2.22. The Kier molecular flexibility index (Phi) is 3.27. The van der Waals surface area contributed by atoms with E-state index in [-0.39, 0.29) is 5.95 Å². The first kappa shape index (κ1) is 14.7. The predicted octanol–water partition coefficient (Wildman–Crippen LogP) is 4.00. The number of benzene rings is 2. The van der Waals surface area contributed by atoms with E-state index in [0.717, 1.165) is 23.2 Å². The highest BCUT2D eigenvalue weighted by Crippen LogP contribution is 2.44. The minimum absolute atomic E-state index is 0.238. The number of hydrogen-bond donors (Lipinski definition) is 2. The van der Waals surface area contributed by atoms with E-state index in [1.54, 1.807) is 0 Å². The Morgan fingerprint density at radius 3 is 2.38 bits per heavy atom. The molecule has 0 radical (unpaired) electrons. The Balaban J connectivity index is 1.90. The molecule has 2 aromatic carbocycles. The summed E-state index contributed by atoms with van der Waals surface area (Å²) in [5.41, 5.74) is 19.8. The third-order valence-electron chi connectivity index (χ3n) is 4.68. The van der Waals surface area contributed by atoms with Gasteiger partial charge in [0.25, 0.3) is 0 Å². The Morgan fingerprint density at radius 2 is 1.67 bits per heavy atom. The van der Waals surface area contributed by atoms with Gasteiger partial charge in [0.1, 0.15) is 5.82 Å². The van der Waals surface area contributed by atoms with Gasteiger partial charge in [0, 0.05) is 12.0 Å². The van der Waals surface area contributed by atoms with Gasteiger partial charge in [-0.2, -0.15) is 4.98 Å². The Labute approximate surface area is 141 Å². The largest absolute Gasteiger partial charge is 0.383 e. The number of aromatic nitrogens is 2. The molecule has 1 aliphatic rings. The second-order valence-corrected chi connectivity index (χ2v) is 6.58. The third-order valence-corrected chi connectivity index (χ3v) is 4.68. The van der Waals surface area contributed by atoms with Gasteiger partial charge in [0.15, 0.2) is 0 Å². The molecular weight excluding hydrogens is 296 g/mol. The van der Waals surface area contributed by atoms with Crippen LogP contribution in [0.4, 0.5) is 11.8 Å². The molecular formula is C20H20N4. The second kappa shape index (κ2) is 5.34. The van der Waals surface area contributed by atoms with Gasteiger partial charge in [0.05, 0.1) is 5.69 Å². The first-order valence-electron chi connectivity index (χ1n) is 8.19. The fourth-order valence-corrected chi connectivity index (χ4v) is 3.46. The van der Waals surface area contributed by atoms with Gasteiger partial charge in [-0.15, -0.1) is 0 Å². The van der Waals surface area contributed by atoms with Crippen molar-refractivity contribution in [3.63, 3.8) is 0 Å². The molecule has 0 spiro atoms. The number of rotatable bonds is 2. The van der Waals surface area contributed by atoms with Gasteiger partial charge in [-0.3, -0.25) is 0 Å². The molecule has 0 unspecified atom stereocenters. The molecule has 4 rings (SSSR count). The van der Waals surface area contributed by atoms with Crippen molar-refractivity contribution in [3.8, 4) is 22.3 Å². The number of nitrogens with two attached hydrogens (primary N) is 2. The molecule has 24 heavy (non-hydrogen) atoms. The summed E-state index contributed by atoms with van der Waals surface area (Å²) in [4.78, 5) is 8.55. The van der Waals surface area contributed by atoms with Gasteiger partial charge >= 0.3 is 0 Å². The molecule has 0 fully saturated rings. The van der Waals surface area contributed by atoms with Crippen molar-refractivity contribution in [2.75, 3.05) is 11.5 Å². The molecule has 0 atom stereocenters. The highest BCUT2D eigenvalue weighted by Gasteiger charge is 2.26. The van der Waals surface area contributed by atoms with Crippen LogP contribution in [-0.2, 0) is 6.42 Å². The monoisotopic (exact) mass is 316 g/mol. The summed E-state index contributed by atoms with van der Waals surface area (Å²) >= 11 is 0. The van der Waals surface area contributed by atoms with Crippen molar-refractivity contribution < 1.29 is 0 Å². The van der Waals surface area contributed by atoms with Crippen LogP contribution in [0, 0.1) is 0 Å². The summed E-state index contributed by atoms with van der Waals surface area (Å²) in [6, 6.07) is 15.1. The lowest BCUT2D eigenvalue weighted by atomic mass is 9.93. The van der Waals surface area contributed by atoms with Crippen molar-refractivity contribution in [3.05, 3.63) is 59.3 Å². The van der Waals surface area contributed by atoms with Crippen LogP contribution in [0.25, 0.3) is 22.3 Å². The molecule has 0 aliphatic heterocycles. The lowest BCUT2D eigenvalue weighted by molar-refractivity contribution is 0.867. The van der Waals surface area contributed by atoms with E-state index in [9.17, 15) is 0 Å². The van der Waals surface area contributed by atoms with Crippen LogP contribution < -0.4 is 11.5 Å². The van der Waals surface area contributed by atoms with Crippen LogP contribution in [0.5, 0.6) is 0 Å². The Hall–Kier alpha value is -2.88. The molecule has 0 saturated heterocycles. The van der Waals surface area contributed by atoms with Gasteiger partial charge in [-0.25, -0.2) is 4.98 Å². The molecule has 120 valence electrons. The zero-order valence-corrected chi connectivity index (χ0v) is 13.9.